The summed E-state index contributed by atoms with van der Waals surface area (Å²) in [7, 11) is -0.711. The topological polar surface area (TPSA) is 180 Å². The fourth-order valence-corrected chi connectivity index (χ4v) is 7.36. The van der Waals surface area contributed by atoms with E-state index in [0.29, 0.717) is 29.5 Å². The molecule has 0 radical (unpaired) electrons. The zero-order valence-corrected chi connectivity index (χ0v) is 28.2. The monoisotopic (exact) mass is 654 g/mol. The van der Waals surface area contributed by atoms with Crippen molar-refractivity contribution < 1.29 is 38.3 Å². The van der Waals surface area contributed by atoms with Crippen molar-refractivity contribution in [2.24, 2.45) is 17.3 Å². The Balaban J connectivity index is 1.20. The van der Waals surface area contributed by atoms with E-state index in [1.54, 1.807) is 46.0 Å². The van der Waals surface area contributed by atoms with Crippen LogP contribution in [0.3, 0.4) is 0 Å². The van der Waals surface area contributed by atoms with Crippen molar-refractivity contribution in [2.45, 2.75) is 91.0 Å². The molecule has 2 heterocycles. The Morgan fingerprint density at radius 3 is 2.57 bits per heavy atom. The molecule has 47 heavy (non-hydrogen) atoms. The van der Waals surface area contributed by atoms with Crippen LogP contribution in [0.25, 0.3) is 0 Å². The van der Waals surface area contributed by atoms with Gasteiger partial charge in [0, 0.05) is 6.20 Å². The third-order valence-corrected chi connectivity index (χ3v) is 10.0. The van der Waals surface area contributed by atoms with E-state index in [2.05, 4.69) is 47.7 Å². The summed E-state index contributed by atoms with van der Waals surface area (Å²) < 4.78 is 18.4. The second-order valence-corrected chi connectivity index (χ2v) is 14.8. The standard InChI is InChI=1S/C32H47BN6O8/c1-18-19(9-8-10-22(18)28(42)43)11-25(33-46-24-13-20-12-23(31(20,5)6)32(24,7)47-33)36-27(41)17-39-16-21(37-38-39)14-34-26(40)15-35-29(44)45-30(2,3)4/h8-10,16,20,23-25,37-38H,11-15,17H2,1-7H3,(H,34,40)(H,35,44)(H,36,41)(H,42,43)/t20-,23-,24+,25-,32-/m0/s1. The highest BCUT2D eigenvalue weighted by Crippen LogP contribution is 2.65. The lowest BCUT2D eigenvalue weighted by atomic mass is 9.43. The van der Waals surface area contributed by atoms with Crippen LogP contribution in [0.4, 0.5) is 4.79 Å². The number of carbonyl (C=O) groups is 4. The highest BCUT2D eigenvalue weighted by molar-refractivity contribution is 6.48. The van der Waals surface area contributed by atoms with Crippen LogP contribution >= 0.6 is 0 Å². The highest BCUT2D eigenvalue weighted by Gasteiger charge is 2.68. The zero-order valence-electron chi connectivity index (χ0n) is 28.2. The molecule has 0 spiro atoms. The van der Waals surface area contributed by atoms with Crippen molar-refractivity contribution in [3.05, 3.63) is 46.8 Å². The second-order valence-electron chi connectivity index (χ2n) is 14.8. The smallest absolute Gasteiger partial charge is 0.478 e. The average molecular weight is 655 g/mol. The van der Waals surface area contributed by atoms with Gasteiger partial charge in [-0.3, -0.25) is 14.6 Å². The van der Waals surface area contributed by atoms with Crippen molar-refractivity contribution in [1.29, 1.82) is 0 Å². The molecule has 14 nitrogen and oxygen atoms in total. The molecule has 256 valence electrons. The van der Waals surface area contributed by atoms with Crippen molar-refractivity contribution >= 4 is 31.0 Å². The molecular weight excluding hydrogens is 607 g/mol. The predicted octanol–water partition coefficient (Wildman–Crippen LogP) is 1.80. The normalized spacial score (nSPS) is 26.3. The Labute approximate surface area is 275 Å². The third kappa shape index (κ3) is 7.52. The van der Waals surface area contributed by atoms with E-state index < -0.39 is 42.2 Å². The second kappa shape index (κ2) is 13.0. The van der Waals surface area contributed by atoms with Crippen molar-refractivity contribution in [3.63, 3.8) is 0 Å². The van der Waals surface area contributed by atoms with Crippen LogP contribution in [0, 0.1) is 24.2 Å². The van der Waals surface area contributed by atoms with Gasteiger partial charge in [-0.2, -0.15) is 0 Å². The highest BCUT2D eigenvalue weighted by atomic mass is 16.7. The molecule has 6 N–H and O–H groups in total. The van der Waals surface area contributed by atoms with Gasteiger partial charge in [-0.25, -0.2) is 9.59 Å². The summed E-state index contributed by atoms with van der Waals surface area (Å²) in [6.45, 7) is 13.5. The molecule has 4 fully saturated rings. The summed E-state index contributed by atoms with van der Waals surface area (Å²) in [5.41, 5.74) is 7.03. The fourth-order valence-electron chi connectivity index (χ4n) is 7.36. The molecule has 0 aromatic heterocycles. The molecule has 15 heteroatoms. The first kappa shape index (κ1) is 34.5. The molecule has 2 bridgehead atoms. The number of hydrogen-bond acceptors (Lipinski definition) is 10. The zero-order chi connectivity index (χ0) is 34.3. The average Bonchev–Trinajstić information content (AvgIpc) is 3.57. The molecule has 5 atom stereocenters. The van der Waals surface area contributed by atoms with E-state index >= 15 is 0 Å². The Kier molecular flexibility index (Phi) is 9.55. The summed E-state index contributed by atoms with van der Waals surface area (Å²) >= 11 is 0. The van der Waals surface area contributed by atoms with Gasteiger partial charge < -0.3 is 40.5 Å². The number of amides is 3. The number of hydrazine groups is 2. The Hall–Kier alpha value is -3.82. The van der Waals surface area contributed by atoms with Crippen molar-refractivity contribution in [1.82, 2.24) is 31.9 Å². The molecule has 1 saturated heterocycles. The maximum absolute atomic E-state index is 13.4. The molecular formula is C32H47BN6O8. The van der Waals surface area contributed by atoms with Crippen LogP contribution < -0.4 is 26.9 Å². The summed E-state index contributed by atoms with van der Waals surface area (Å²) in [5.74, 6) is -1.40. The number of alkyl carbamates (subject to hydrolysis) is 1. The van der Waals surface area contributed by atoms with Crippen LogP contribution in [0.15, 0.2) is 30.1 Å². The maximum atomic E-state index is 13.4. The molecule has 5 aliphatic rings. The van der Waals surface area contributed by atoms with Gasteiger partial charge in [-0.1, -0.05) is 26.0 Å². The minimum absolute atomic E-state index is 0.0690. The van der Waals surface area contributed by atoms with Crippen LogP contribution in [0.5, 0.6) is 0 Å². The minimum Gasteiger partial charge on any atom is -0.478 e. The lowest BCUT2D eigenvalue weighted by Crippen LogP contribution is -2.65. The van der Waals surface area contributed by atoms with Gasteiger partial charge in [0.15, 0.2) is 0 Å². The molecule has 1 aromatic carbocycles. The van der Waals surface area contributed by atoms with E-state index in [9.17, 15) is 24.3 Å². The summed E-state index contributed by atoms with van der Waals surface area (Å²) in [4.78, 5) is 49.2. The van der Waals surface area contributed by atoms with Gasteiger partial charge >= 0.3 is 19.2 Å². The Morgan fingerprint density at radius 2 is 1.89 bits per heavy atom. The largest absolute Gasteiger partial charge is 0.482 e. The number of rotatable bonds is 11. The number of carbonyl (C=O) groups excluding carboxylic acids is 3. The number of ether oxygens (including phenoxy) is 1. The van der Waals surface area contributed by atoms with E-state index in [4.69, 9.17) is 14.0 Å². The van der Waals surface area contributed by atoms with E-state index in [1.807, 2.05) is 6.07 Å². The van der Waals surface area contributed by atoms with E-state index in [-0.39, 0.29) is 42.6 Å². The Morgan fingerprint density at radius 1 is 1.15 bits per heavy atom. The fraction of sp³-hybridized carbons (Fsp3) is 0.625. The number of nitrogens with one attached hydrogen (secondary N) is 5. The SMILES string of the molecule is Cc1c(C[C@H](NC(=O)CN2C=C(CNC(=O)CNC(=O)OC(C)(C)C)NN2)B2O[C@@H]3C[C@@H]4C[C@@H](C4(C)C)[C@]3(C)O2)cccc1C(=O)O. The first-order valence-electron chi connectivity index (χ1n) is 16.1. The van der Waals surface area contributed by atoms with E-state index in [1.165, 1.54) is 5.01 Å². The van der Waals surface area contributed by atoms with Gasteiger partial charge in [0.05, 0.1) is 35.5 Å². The number of aromatic carboxylic acids is 1. The predicted molar refractivity (Wildman–Crippen MR) is 172 cm³/mol. The molecule has 6 rings (SSSR count). The number of hydrogen-bond donors (Lipinski definition) is 6. The molecule has 3 amide bonds. The Bertz CT molecular complexity index is 1450. The summed E-state index contributed by atoms with van der Waals surface area (Å²) in [6, 6.07) is 5.14. The van der Waals surface area contributed by atoms with Gasteiger partial charge in [-0.05, 0) is 88.3 Å². The van der Waals surface area contributed by atoms with Crippen molar-refractivity contribution in [3.8, 4) is 0 Å². The molecule has 2 aliphatic heterocycles. The molecule has 3 saturated carbocycles. The molecule has 0 unspecified atom stereocenters. The van der Waals surface area contributed by atoms with Crippen LogP contribution in [-0.4, -0.2) is 84.0 Å². The minimum atomic E-state index is -1.01. The summed E-state index contributed by atoms with van der Waals surface area (Å²) in [5, 5.41) is 19.4. The number of carboxylic acid groups (broad SMARTS) is 1. The van der Waals surface area contributed by atoms with Gasteiger partial charge in [-0.15, -0.1) is 5.53 Å². The number of carboxylic acids is 1. The van der Waals surface area contributed by atoms with Crippen LogP contribution in [-0.2, 0) is 30.1 Å². The third-order valence-electron chi connectivity index (χ3n) is 10.0. The van der Waals surface area contributed by atoms with Crippen molar-refractivity contribution in [2.75, 3.05) is 19.6 Å². The number of benzene rings is 1. The van der Waals surface area contributed by atoms with E-state index in [0.717, 1.165) is 18.4 Å². The van der Waals surface area contributed by atoms with Crippen LogP contribution in [0.1, 0.15) is 75.9 Å². The van der Waals surface area contributed by atoms with Gasteiger partial charge in [0.2, 0.25) is 11.8 Å². The summed E-state index contributed by atoms with van der Waals surface area (Å²) in [6.07, 6.45) is 3.20. The van der Waals surface area contributed by atoms with Gasteiger partial charge in [0.25, 0.3) is 0 Å². The van der Waals surface area contributed by atoms with Gasteiger partial charge in [0.1, 0.15) is 18.7 Å². The quantitative estimate of drug-likeness (QED) is 0.192. The maximum Gasteiger partial charge on any atom is 0.482 e. The lowest BCUT2D eigenvalue weighted by molar-refractivity contribution is -0.199. The lowest BCUT2D eigenvalue weighted by Gasteiger charge is -2.64. The number of nitrogens with zero attached hydrogens (tertiary/aromatic N) is 1. The molecule has 3 aliphatic carbocycles. The first-order valence-corrected chi connectivity index (χ1v) is 16.1. The molecule has 1 aromatic rings. The first-order chi connectivity index (χ1) is 22.0. The van der Waals surface area contributed by atoms with Crippen LogP contribution in [0.2, 0.25) is 0 Å².